The van der Waals surface area contributed by atoms with Crippen LogP contribution in [-0.2, 0) is 0 Å². The van der Waals surface area contributed by atoms with Gasteiger partial charge in [0.25, 0.3) is 0 Å². The van der Waals surface area contributed by atoms with Gasteiger partial charge in [0.2, 0.25) is 0 Å². The second kappa shape index (κ2) is 4.93. The number of benzene rings is 1. The molecule has 0 fully saturated rings. The van der Waals surface area contributed by atoms with Crippen LogP contribution < -0.4 is 56.8 Å². The molecule has 0 aliphatic carbocycles. The predicted octanol–water partition coefficient (Wildman–Crippen LogP) is -0.807. The van der Waals surface area contributed by atoms with Gasteiger partial charge in [-0.2, -0.15) is 0 Å². The van der Waals surface area contributed by atoms with E-state index in [-0.39, 0.29) is 56.9 Å². The predicted molar refractivity (Wildman–Crippen MR) is 39.8 cm³/mol. The van der Waals surface area contributed by atoms with Gasteiger partial charge in [-0.3, -0.25) is 0 Å². The summed E-state index contributed by atoms with van der Waals surface area (Å²) in [5, 5.41) is 0. The maximum Gasteiger partial charge on any atom is 1.00 e. The first-order chi connectivity index (χ1) is 5.41. The summed E-state index contributed by atoms with van der Waals surface area (Å²) >= 11 is 0. The molecule has 0 heterocycles. The van der Waals surface area contributed by atoms with E-state index in [0.717, 1.165) is 12.1 Å². The molecule has 66 valence electrons. The molecule has 0 amide bonds. The van der Waals surface area contributed by atoms with Gasteiger partial charge in [0.05, 0.1) is 0 Å². The molecule has 0 bridgehead atoms. The standard InChI is InChI=1S/C7H6BF4.K/c1-5-2-3-6(9)4-7(5)8(10,11)12;/h2-4H,1H3;/q-1;+1. The Bertz CT molecular complexity index is 297. The van der Waals surface area contributed by atoms with Gasteiger partial charge < -0.3 is 12.9 Å². The minimum atomic E-state index is -5.09. The molecule has 0 aliphatic heterocycles. The van der Waals surface area contributed by atoms with Crippen molar-refractivity contribution >= 4 is 12.4 Å². The van der Waals surface area contributed by atoms with Crippen molar-refractivity contribution in [3.8, 4) is 0 Å². The van der Waals surface area contributed by atoms with E-state index in [1.165, 1.54) is 6.92 Å². The van der Waals surface area contributed by atoms with E-state index in [4.69, 9.17) is 0 Å². The van der Waals surface area contributed by atoms with Crippen LogP contribution in [0.1, 0.15) is 5.56 Å². The fourth-order valence-corrected chi connectivity index (χ4v) is 0.964. The normalized spacial score (nSPS) is 10.8. The van der Waals surface area contributed by atoms with E-state index >= 15 is 0 Å². The van der Waals surface area contributed by atoms with Crippen molar-refractivity contribution < 1.29 is 68.7 Å². The fraction of sp³-hybridized carbons (Fsp3) is 0.143. The number of halogens is 4. The first-order valence-corrected chi connectivity index (χ1v) is 3.37. The minimum absolute atomic E-state index is 0. The summed E-state index contributed by atoms with van der Waals surface area (Å²) in [7, 11) is 0. The van der Waals surface area contributed by atoms with Gasteiger partial charge in [-0.1, -0.05) is 17.7 Å². The van der Waals surface area contributed by atoms with Gasteiger partial charge in [0, 0.05) is 0 Å². The van der Waals surface area contributed by atoms with Crippen LogP contribution in [0.5, 0.6) is 0 Å². The summed E-state index contributed by atoms with van der Waals surface area (Å²) in [5.74, 6) is -0.852. The zero-order valence-corrected chi connectivity index (χ0v) is 10.4. The fourth-order valence-electron chi connectivity index (χ4n) is 0.964. The van der Waals surface area contributed by atoms with Crippen molar-refractivity contribution in [3.63, 3.8) is 0 Å². The van der Waals surface area contributed by atoms with Crippen molar-refractivity contribution in [1.29, 1.82) is 0 Å². The molecule has 0 saturated carbocycles. The van der Waals surface area contributed by atoms with Crippen LogP contribution in [0.25, 0.3) is 0 Å². The third-order valence-corrected chi connectivity index (χ3v) is 1.59. The van der Waals surface area contributed by atoms with Crippen LogP contribution in [0.4, 0.5) is 17.3 Å². The average molecular weight is 216 g/mol. The van der Waals surface area contributed by atoms with Crippen LogP contribution in [0.2, 0.25) is 0 Å². The Morgan fingerprint density at radius 3 is 2.08 bits per heavy atom. The van der Waals surface area contributed by atoms with Crippen LogP contribution in [0.3, 0.4) is 0 Å². The topological polar surface area (TPSA) is 0 Å². The Balaban J connectivity index is 0.00000144. The maximum absolute atomic E-state index is 12.4. The van der Waals surface area contributed by atoms with Crippen LogP contribution in [0, 0.1) is 12.7 Å². The first kappa shape index (κ1) is 13.6. The third kappa shape index (κ3) is 3.71. The van der Waals surface area contributed by atoms with E-state index in [1.54, 1.807) is 0 Å². The first-order valence-electron chi connectivity index (χ1n) is 3.37. The van der Waals surface area contributed by atoms with Gasteiger partial charge in [-0.25, -0.2) is 4.39 Å². The van der Waals surface area contributed by atoms with E-state index in [2.05, 4.69) is 0 Å². The Kier molecular flexibility index (Phi) is 5.17. The zero-order valence-electron chi connectivity index (χ0n) is 7.32. The zero-order chi connectivity index (χ0) is 9.35. The van der Waals surface area contributed by atoms with E-state index < -0.39 is 18.3 Å². The number of hydrogen-bond donors (Lipinski definition) is 0. The Labute approximate surface area is 116 Å². The molecule has 0 unspecified atom stereocenters. The molecular weight excluding hydrogens is 210 g/mol. The SMILES string of the molecule is Cc1ccc(F)cc1[B-](F)(F)F.[K+]. The van der Waals surface area contributed by atoms with Crippen molar-refractivity contribution in [2.45, 2.75) is 6.92 Å². The molecule has 0 radical (unpaired) electrons. The van der Waals surface area contributed by atoms with Gasteiger partial charge in [0.1, 0.15) is 5.82 Å². The smallest absolute Gasteiger partial charge is 0.445 e. The molecule has 13 heavy (non-hydrogen) atoms. The summed E-state index contributed by atoms with van der Waals surface area (Å²) in [4.78, 5) is 0. The Morgan fingerprint density at radius 2 is 1.69 bits per heavy atom. The quantitative estimate of drug-likeness (QED) is 0.425. The molecule has 0 saturated heterocycles. The van der Waals surface area contributed by atoms with Crippen molar-refractivity contribution in [3.05, 3.63) is 29.6 Å². The van der Waals surface area contributed by atoms with Crippen LogP contribution in [0.15, 0.2) is 18.2 Å². The maximum atomic E-state index is 12.4. The molecule has 0 aromatic heterocycles. The molecule has 6 heteroatoms. The Morgan fingerprint density at radius 1 is 1.15 bits per heavy atom. The monoisotopic (exact) mass is 216 g/mol. The number of rotatable bonds is 1. The number of aryl methyl sites for hydroxylation is 1. The summed E-state index contributed by atoms with van der Waals surface area (Å²) in [6.07, 6.45) is 0. The molecule has 1 rings (SSSR count). The Hall–Kier alpha value is 0.641. The van der Waals surface area contributed by atoms with Crippen molar-refractivity contribution in [2.24, 2.45) is 0 Å². The molecule has 0 atom stereocenters. The molecule has 1 aromatic rings. The number of hydrogen-bond acceptors (Lipinski definition) is 0. The average Bonchev–Trinajstić information content (AvgIpc) is 1.92. The minimum Gasteiger partial charge on any atom is -0.445 e. The summed E-state index contributed by atoms with van der Waals surface area (Å²) < 4.78 is 48.8. The van der Waals surface area contributed by atoms with E-state index in [9.17, 15) is 17.3 Å². The molecule has 0 nitrogen and oxygen atoms in total. The van der Waals surface area contributed by atoms with Gasteiger partial charge in [-0.05, 0) is 13.0 Å². The molecular formula is C7H6BF4K. The second-order valence-corrected chi connectivity index (χ2v) is 2.58. The van der Waals surface area contributed by atoms with Crippen molar-refractivity contribution in [2.75, 3.05) is 0 Å². The van der Waals surface area contributed by atoms with Crippen LogP contribution in [-0.4, -0.2) is 6.98 Å². The molecule has 0 spiro atoms. The van der Waals surface area contributed by atoms with Crippen LogP contribution >= 0.6 is 0 Å². The van der Waals surface area contributed by atoms with Gasteiger partial charge >= 0.3 is 58.4 Å². The van der Waals surface area contributed by atoms with Crippen molar-refractivity contribution in [1.82, 2.24) is 0 Å². The van der Waals surface area contributed by atoms with Gasteiger partial charge in [0.15, 0.2) is 0 Å². The largest absolute Gasteiger partial charge is 1.00 e. The summed E-state index contributed by atoms with van der Waals surface area (Å²) in [6.45, 7) is -3.78. The summed E-state index contributed by atoms with van der Waals surface area (Å²) in [6, 6.07) is 2.66. The van der Waals surface area contributed by atoms with E-state index in [1.807, 2.05) is 0 Å². The molecule has 0 N–H and O–H groups in total. The second-order valence-electron chi connectivity index (χ2n) is 2.58. The third-order valence-electron chi connectivity index (χ3n) is 1.59. The molecule has 0 aliphatic rings. The van der Waals surface area contributed by atoms with E-state index in [0.29, 0.717) is 6.07 Å². The van der Waals surface area contributed by atoms with Gasteiger partial charge in [-0.15, -0.1) is 5.46 Å². The molecule has 1 aromatic carbocycles. The summed E-state index contributed by atoms with van der Waals surface area (Å²) in [5.41, 5.74) is -0.793.